The van der Waals surface area contributed by atoms with Crippen molar-refractivity contribution in [2.24, 2.45) is 11.8 Å². The van der Waals surface area contributed by atoms with E-state index in [4.69, 9.17) is 4.74 Å². The third kappa shape index (κ3) is 4.24. The highest BCUT2D eigenvalue weighted by Gasteiger charge is 2.43. The van der Waals surface area contributed by atoms with Crippen LogP contribution in [0.2, 0.25) is 0 Å². The van der Waals surface area contributed by atoms with Crippen molar-refractivity contribution in [1.29, 1.82) is 0 Å². The van der Waals surface area contributed by atoms with E-state index in [0.717, 1.165) is 11.1 Å². The Morgan fingerprint density at radius 2 is 1.50 bits per heavy atom. The first-order valence-corrected chi connectivity index (χ1v) is 11.2. The minimum absolute atomic E-state index is 0.00234. The van der Waals surface area contributed by atoms with Gasteiger partial charge >= 0.3 is 12.1 Å². The molecule has 5 rings (SSSR count). The molecule has 2 amide bonds. The standard InChI is InChI=1S/C27H24N2O5/c30-25(29-24-12-6-5-11-21(24)26(31)32)22-13-16(22)14-28-27(33)34-15-23-19-9-3-1-7-17(19)18-8-2-4-10-20(18)23/h1-12,16,22-23H,13-15H2,(H,28,33)(H,29,30)(H,31,32)/t16-,22-/m0/s1. The van der Waals surface area contributed by atoms with Gasteiger partial charge < -0.3 is 20.5 Å². The summed E-state index contributed by atoms with van der Waals surface area (Å²) in [6, 6.07) is 22.6. The number of aromatic carboxylic acids is 1. The Morgan fingerprint density at radius 3 is 2.18 bits per heavy atom. The normalized spacial score (nSPS) is 17.9. The summed E-state index contributed by atoms with van der Waals surface area (Å²) in [5.41, 5.74) is 4.96. The molecule has 2 atom stereocenters. The molecule has 1 fully saturated rings. The number of fused-ring (bicyclic) bond motifs is 3. The second-order valence-electron chi connectivity index (χ2n) is 8.65. The predicted octanol–water partition coefficient (Wildman–Crippen LogP) is 4.50. The lowest BCUT2D eigenvalue weighted by Gasteiger charge is -2.14. The average molecular weight is 456 g/mol. The molecule has 0 bridgehead atoms. The summed E-state index contributed by atoms with van der Waals surface area (Å²) in [4.78, 5) is 36.1. The number of carbonyl (C=O) groups is 3. The number of hydrogen-bond donors (Lipinski definition) is 3. The molecule has 0 aliphatic heterocycles. The van der Waals surface area contributed by atoms with Crippen LogP contribution in [0, 0.1) is 11.8 Å². The Morgan fingerprint density at radius 1 is 0.882 bits per heavy atom. The molecule has 2 aliphatic carbocycles. The summed E-state index contributed by atoms with van der Waals surface area (Å²) in [6.07, 6.45) is 0.120. The van der Waals surface area contributed by atoms with Crippen molar-refractivity contribution in [3.05, 3.63) is 89.5 Å². The zero-order valence-electron chi connectivity index (χ0n) is 18.4. The molecule has 3 N–H and O–H groups in total. The van der Waals surface area contributed by atoms with Gasteiger partial charge in [-0.2, -0.15) is 0 Å². The van der Waals surface area contributed by atoms with Crippen LogP contribution in [0.4, 0.5) is 10.5 Å². The van der Waals surface area contributed by atoms with Crippen LogP contribution in [-0.4, -0.2) is 36.2 Å². The number of carboxylic acid groups (broad SMARTS) is 1. The molecule has 0 heterocycles. The van der Waals surface area contributed by atoms with E-state index in [1.807, 2.05) is 24.3 Å². The lowest BCUT2D eigenvalue weighted by Crippen LogP contribution is -2.29. The van der Waals surface area contributed by atoms with E-state index in [9.17, 15) is 19.5 Å². The number of benzene rings is 3. The number of carbonyl (C=O) groups excluding carboxylic acids is 2. The topological polar surface area (TPSA) is 105 Å². The summed E-state index contributed by atoms with van der Waals surface area (Å²) in [6.45, 7) is 0.565. The fourth-order valence-corrected chi connectivity index (χ4v) is 4.66. The highest BCUT2D eigenvalue weighted by molar-refractivity contribution is 6.01. The monoisotopic (exact) mass is 456 g/mol. The lowest BCUT2D eigenvalue weighted by molar-refractivity contribution is -0.117. The minimum Gasteiger partial charge on any atom is -0.478 e. The molecular formula is C27H24N2O5. The zero-order valence-corrected chi connectivity index (χ0v) is 18.4. The molecule has 0 radical (unpaired) electrons. The van der Waals surface area contributed by atoms with Gasteiger partial charge in [0.05, 0.1) is 11.3 Å². The van der Waals surface area contributed by atoms with Crippen LogP contribution in [0.1, 0.15) is 33.8 Å². The molecule has 7 heteroatoms. The highest BCUT2D eigenvalue weighted by Crippen LogP contribution is 2.44. The fourth-order valence-electron chi connectivity index (χ4n) is 4.66. The fraction of sp³-hybridized carbons (Fsp3) is 0.222. The van der Waals surface area contributed by atoms with Gasteiger partial charge in [-0.1, -0.05) is 60.7 Å². The lowest BCUT2D eigenvalue weighted by atomic mass is 9.98. The second kappa shape index (κ2) is 9.02. The number of para-hydroxylation sites is 1. The molecule has 172 valence electrons. The summed E-state index contributed by atoms with van der Waals surface area (Å²) in [7, 11) is 0. The number of anilines is 1. The Labute approximate surface area is 196 Å². The molecule has 3 aromatic rings. The van der Waals surface area contributed by atoms with E-state index >= 15 is 0 Å². The number of ether oxygens (including phenoxy) is 1. The van der Waals surface area contributed by atoms with Crippen LogP contribution in [0.25, 0.3) is 11.1 Å². The van der Waals surface area contributed by atoms with Gasteiger partial charge in [-0.05, 0) is 46.7 Å². The van der Waals surface area contributed by atoms with Gasteiger partial charge in [-0.3, -0.25) is 4.79 Å². The molecule has 1 saturated carbocycles. The maximum absolute atomic E-state index is 12.5. The SMILES string of the molecule is O=C(NC[C@@H]1C[C@@H]1C(=O)Nc1ccccc1C(=O)O)OCC1c2ccccc2-c2ccccc21. The third-order valence-electron chi connectivity index (χ3n) is 6.53. The molecular weight excluding hydrogens is 432 g/mol. The zero-order chi connectivity index (χ0) is 23.7. The Kier molecular flexibility index (Phi) is 5.76. The van der Waals surface area contributed by atoms with Crippen LogP contribution < -0.4 is 10.6 Å². The van der Waals surface area contributed by atoms with Crippen LogP contribution in [0.3, 0.4) is 0 Å². The largest absolute Gasteiger partial charge is 0.478 e. The van der Waals surface area contributed by atoms with Gasteiger partial charge in [0, 0.05) is 18.4 Å². The van der Waals surface area contributed by atoms with E-state index < -0.39 is 12.1 Å². The number of carboxylic acids is 1. The molecule has 2 aliphatic rings. The summed E-state index contributed by atoms with van der Waals surface area (Å²) in [5, 5.41) is 14.7. The Hall–Kier alpha value is -4.13. The number of hydrogen-bond acceptors (Lipinski definition) is 4. The predicted molar refractivity (Wildman–Crippen MR) is 127 cm³/mol. The van der Waals surface area contributed by atoms with Gasteiger partial charge in [0.25, 0.3) is 0 Å². The van der Waals surface area contributed by atoms with E-state index in [-0.39, 0.29) is 41.5 Å². The summed E-state index contributed by atoms with van der Waals surface area (Å²) >= 11 is 0. The van der Waals surface area contributed by atoms with E-state index in [1.54, 1.807) is 18.2 Å². The van der Waals surface area contributed by atoms with E-state index in [1.165, 1.54) is 17.2 Å². The molecule has 0 aromatic heterocycles. The minimum atomic E-state index is -1.10. The average Bonchev–Trinajstić information content (AvgIpc) is 3.57. The summed E-state index contributed by atoms with van der Waals surface area (Å²) < 4.78 is 5.54. The molecule has 0 saturated heterocycles. The maximum atomic E-state index is 12.5. The second-order valence-corrected chi connectivity index (χ2v) is 8.65. The first kappa shape index (κ1) is 21.7. The first-order valence-electron chi connectivity index (χ1n) is 11.2. The number of alkyl carbamates (subject to hydrolysis) is 1. The Bertz CT molecular complexity index is 1230. The van der Waals surface area contributed by atoms with Gasteiger partial charge in [0.15, 0.2) is 0 Å². The summed E-state index contributed by atoms with van der Waals surface area (Å²) in [5.74, 6) is -1.62. The highest BCUT2D eigenvalue weighted by atomic mass is 16.5. The third-order valence-corrected chi connectivity index (χ3v) is 6.53. The number of nitrogens with one attached hydrogen (secondary N) is 2. The van der Waals surface area contributed by atoms with Crippen molar-refractivity contribution in [2.75, 3.05) is 18.5 Å². The van der Waals surface area contributed by atoms with Crippen molar-refractivity contribution in [2.45, 2.75) is 12.3 Å². The first-order chi connectivity index (χ1) is 16.5. The van der Waals surface area contributed by atoms with Gasteiger partial charge in [0.1, 0.15) is 6.61 Å². The molecule has 0 spiro atoms. The molecule has 3 aromatic carbocycles. The number of amides is 2. The smallest absolute Gasteiger partial charge is 0.407 e. The van der Waals surface area contributed by atoms with Gasteiger partial charge in [0.2, 0.25) is 5.91 Å². The maximum Gasteiger partial charge on any atom is 0.407 e. The van der Waals surface area contributed by atoms with Crippen LogP contribution in [0.5, 0.6) is 0 Å². The van der Waals surface area contributed by atoms with Crippen molar-refractivity contribution in [3.63, 3.8) is 0 Å². The van der Waals surface area contributed by atoms with Crippen LogP contribution in [-0.2, 0) is 9.53 Å². The van der Waals surface area contributed by atoms with E-state index in [0.29, 0.717) is 13.0 Å². The van der Waals surface area contributed by atoms with Crippen LogP contribution >= 0.6 is 0 Å². The van der Waals surface area contributed by atoms with Crippen molar-refractivity contribution >= 4 is 23.7 Å². The molecule has 7 nitrogen and oxygen atoms in total. The van der Waals surface area contributed by atoms with Crippen molar-refractivity contribution < 1.29 is 24.2 Å². The Balaban J connectivity index is 1.12. The molecule has 0 unspecified atom stereocenters. The van der Waals surface area contributed by atoms with Gasteiger partial charge in [-0.15, -0.1) is 0 Å². The quantitative estimate of drug-likeness (QED) is 0.486. The molecule has 34 heavy (non-hydrogen) atoms. The van der Waals surface area contributed by atoms with Crippen molar-refractivity contribution in [1.82, 2.24) is 5.32 Å². The number of rotatable bonds is 7. The van der Waals surface area contributed by atoms with Crippen molar-refractivity contribution in [3.8, 4) is 11.1 Å². The van der Waals surface area contributed by atoms with Gasteiger partial charge in [-0.25, -0.2) is 9.59 Å². The van der Waals surface area contributed by atoms with Crippen LogP contribution in [0.15, 0.2) is 72.8 Å². The van der Waals surface area contributed by atoms with E-state index in [2.05, 4.69) is 34.9 Å².